The summed E-state index contributed by atoms with van der Waals surface area (Å²) in [6, 6.07) is 12.4. The molecule has 0 saturated heterocycles. The normalized spacial score (nSPS) is 10.4. The smallest absolute Gasteiger partial charge is 0.276 e. The van der Waals surface area contributed by atoms with Gasteiger partial charge in [-0.1, -0.05) is 23.7 Å². The summed E-state index contributed by atoms with van der Waals surface area (Å²) < 4.78 is 12.1. The van der Waals surface area contributed by atoms with Crippen molar-refractivity contribution in [2.24, 2.45) is 0 Å². The maximum absolute atomic E-state index is 12.4. The molecule has 9 nitrogen and oxygen atoms in total. The molecule has 2 aromatic carbocycles. The summed E-state index contributed by atoms with van der Waals surface area (Å²) >= 11 is 6.02. The molecule has 0 bridgehead atoms. The number of para-hydroxylation sites is 1. The second-order valence-corrected chi connectivity index (χ2v) is 5.95. The van der Waals surface area contributed by atoms with Crippen LogP contribution >= 0.6 is 11.6 Å². The molecule has 0 atom stereocenters. The summed E-state index contributed by atoms with van der Waals surface area (Å²) in [4.78, 5) is 22.7. The number of ether oxygens (including phenoxy) is 2. The van der Waals surface area contributed by atoms with E-state index < -0.39 is 10.8 Å². The second-order valence-electron chi connectivity index (χ2n) is 5.54. The van der Waals surface area contributed by atoms with Gasteiger partial charge in [-0.2, -0.15) is 5.10 Å². The number of carbonyl (C=O) groups is 1. The molecular weight excluding hydrogens is 388 g/mol. The first-order valence-electron chi connectivity index (χ1n) is 8.02. The molecule has 0 radical (unpaired) electrons. The third-order valence-electron chi connectivity index (χ3n) is 3.71. The molecule has 1 amide bonds. The summed E-state index contributed by atoms with van der Waals surface area (Å²) in [5.74, 6) is 0.175. The highest BCUT2D eigenvalue weighted by atomic mass is 35.5. The maximum Gasteiger partial charge on any atom is 0.276 e. The Morgan fingerprint density at radius 1 is 1.25 bits per heavy atom. The van der Waals surface area contributed by atoms with Crippen molar-refractivity contribution in [3.05, 3.63) is 75.6 Å². The monoisotopic (exact) mass is 402 g/mol. The van der Waals surface area contributed by atoms with Crippen molar-refractivity contribution in [2.75, 3.05) is 12.4 Å². The maximum atomic E-state index is 12.4. The van der Waals surface area contributed by atoms with Crippen molar-refractivity contribution < 1.29 is 19.2 Å². The van der Waals surface area contributed by atoms with Crippen LogP contribution in [0.2, 0.25) is 5.02 Å². The van der Waals surface area contributed by atoms with E-state index in [4.69, 9.17) is 21.1 Å². The van der Waals surface area contributed by atoms with E-state index in [0.29, 0.717) is 16.5 Å². The number of rotatable bonds is 7. The Kier molecular flexibility index (Phi) is 5.75. The van der Waals surface area contributed by atoms with E-state index in [1.54, 1.807) is 30.5 Å². The molecule has 0 aliphatic rings. The molecule has 0 saturated carbocycles. The number of aromatic nitrogens is 2. The SMILES string of the molecule is COc1cc([N+](=O)[O-])ccc1NC(=O)c1ccn(COc2ccccc2Cl)n1. The van der Waals surface area contributed by atoms with Crippen molar-refractivity contribution >= 4 is 28.9 Å². The zero-order chi connectivity index (χ0) is 20.1. The van der Waals surface area contributed by atoms with Gasteiger partial charge in [-0.05, 0) is 24.3 Å². The Hall–Kier alpha value is -3.59. The van der Waals surface area contributed by atoms with Crippen LogP contribution in [0.25, 0.3) is 0 Å². The second kappa shape index (κ2) is 8.40. The number of halogens is 1. The van der Waals surface area contributed by atoms with Crippen molar-refractivity contribution in [3.63, 3.8) is 0 Å². The van der Waals surface area contributed by atoms with Crippen LogP contribution < -0.4 is 14.8 Å². The number of methoxy groups -OCH3 is 1. The molecule has 0 unspecified atom stereocenters. The highest BCUT2D eigenvalue weighted by Crippen LogP contribution is 2.29. The first kappa shape index (κ1) is 19.2. The molecule has 3 aromatic rings. The number of carbonyl (C=O) groups excluding carboxylic acids is 1. The number of benzene rings is 2. The lowest BCUT2D eigenvalue weighted by Gasteiger charge is -2.09. The third-order valence-corrected chi connectivity index (χ3v) is 4.02. The van der Waals surface area contributed by atoms with Gasteiger partial charge in [-0.25, -0.2) is 4.68 Å². The number of nitrogens with zero attached hydrogens (tertiary/aromatic N) is 3. The van der Waals surface area contributed by atoms with Crippen LogP contribution in [-0.4, -0.2) is 27.7 Å². The van der Waals surface area contributed by atoms with Crippen molar-refractivity contribution in [1.29, 1.82) is 0 Å². The first-order chi connectivity index (χ1) is 13.5. The highest BCUT2D eigenvalue weighted by molar-refractivity contribution is 6.32. The van der Waals surface area contributed by atoms with E-state index in [9.17, 15) is 14.9 Å². The van der Waals surface area contributed by atoms with Gasteiger partial charge in [0.05, 0.1) is 28.8 Å². The zero-order valence-electron chi connectivity index (χ0n) is 14.7. The van der Waals surface area contributed by atoms with Crippen LogP contribution in [0.15, 0.2) is 54.7 Å². The van der Waals surface area contributed by atoms with Gasteiger partial charge in [-0.15, -0.1) is 0 Å². The Labute approximate surface area is 164 Å². The van der Waals surface area contributed by atoms with Crippen LogP contribution in [0.1, 0.15) is 10.5 Å². The summed E-state index contributed by atoms with van der Waals surface area (Å²) in [7, 11) is 1.36. The fourth-order valence-corrected chi connectivity index (χ4v) is 2.53. The van der Waals surface area contributed by atoms with Crippen LogP contribution in [-0.2, 0) is 6.73 Å². The minimum absolute atomic E-state index is 0.0673. The number of non-ortho nitro benzene ring substituents is 1. The number of nitro benzene ring substituents is 1. The third kappa shape index (κ3) is 4.38. The summed E-state index contributed by atoms with van der Waals surface area (Å²) in [5.41, 5.74) is 0.291. The molecule has 0 spiro atoms. The van der Waals surface area contributed by atoms with Crippen LogP contribution in [0.5, 0.6) is 11.5 Å². The van der Waals surface area contributed by atoms with Crippen LogP contribution in [0, 0.1) is 10.1 Å². The predicted molar refractivity (Wildman–Crippen MR) is 102 cm³/mol. The number of anilines is 1. The van der Waals surface area contributed by atoms with Gasteiger partial charge in [0.2, 0.25) is 0 Å². The minimum atomic E-state index is -0.547. The highest BCUT2D eigenvalue weighted by Gasteiger charge is 2.16. The Balaban J connectivity index is 1.67. The Bertz CT molecular complexity index is 1020. The molecule has 0 aliphatic carbocycles. The van der Waals surface area contributed by atoms with E-state index in [1.165, 1.54) is 36.1 Å². The fourth-order valence-electron chi connectivity index (χ4n) is 2.34. The standard InChI is InChI=1S/C18H15ClN4O5/c1-27-17-10-12(23(25)26)6-7-14(17)20-18(24)15-8-9-22(21-15)11-28-16-5-3-2-4-13(16)19/h2-10H,11H2,1H3,(H,20,24). The van der Waals surface area contributed by atoms with Crippen LogP contribution in [0.3, 0.4) is 0 Å². The fraction of sp³-hybridized carbons (Fsp3) is 0.111. The lowest BCUT2D eigenvalue weighted by Crippen LogP contribution is -2.15. The number of amides is 1. The molecule has 10 heteroatoms. The van der Waals surface area contributed by atoms with Gasteiger partial charge in [-0.3, -0.25) is 14.9 Å². The first-order valence-corrected chi connectivity index (χ1v) is 8.40. The molecule has 144 valence electrons. The largest absolute Gasteiger partial charge is 0.494 e. The van der Waals surface area contributed by atoms with Gasteiger partial charge >= 0.3 is 0 Å². The number of hydrogen-bond acceptors (Lipinski definition) is 6. The van der Waals surface area contributed by atoms with E-state index in [-0.39, 0.29) is 23.9 Å². The summed E-state index contributed by atoms with van der Waals surface area (Å²) in [5, 5.41) is 18.1. The lowest BCUT2D eigenvalue weighted by molar-refractivity contribution is -0.384. The quantitative estimate of drug-likeness (QED) is 0.476. The van der Waals surface area contributed by atoms with Gasteiger partial charge in [0.25, 0.3) is 11.6 Å². The van der Waals surface area contributed by atoms with Crippen molar-refractivity contribution in [3.8, 4) is 11.5 Å². The van der Waals surface area contributed by atoms with E-state index in [0.717, 1.165) is 0 Å². The van der Waals surface area contributed by atoms with Crippen molar-refractivity contribution in [2.45, 2.75) is 6.73 Å². The van der Waals surface area contributed by atoms with Crippen molar-refractivity contribution in [1.82, 2.24) is 9.78 Å². The number of nitro groups is 1. The van der Waals surface area contributed by atoms with Gasteiger partial charge in [0.1, 0.15) is 11.5 Å². The molecule has 1 aromatic heterocycles. The molecule has 3 rings (SSSR count). The molecule has 28 heavy (non-hydrogen) atoms. The molecule has 1 N–H and O–H groups in total. The Morgan fingerprint density at radius 2 is 2.04 bits per heavy atom. The lowest BCUT2D eigenvalue weighted by atomic mass is 10.2. The number of nitrogens with one attached hydrogen (secondary N) is 1. The minimum Gasteiger partial charge on any atom is -0.494 e. The predicted octanol–water partition coefficient (Wildman–Crippen LogP) is 3.74. The van der Waals surface area contributed by atoms with Gasteiger partial charge in [0, 0.05) is 12.3 Å². The molecular formula is C18H15ClN4O5. The molecule has 0 fully saturated rings. The zero-order valence-corrected chi connectivity index (χ0v) is 15.4. The topological polar surface area (TPSA) is 109 Å². The van der Waals surface area contributed by atoms with Gasteiger partial charge in [0.15, 0.2) is 12.4 Å². The average Bonchev–Trinajstić information content (AvgIpc) is 3.16. The molecule has 0 aliphatic heterocycles. The average molecular weight is 403 g/mol. The molecule has 1 heterocycles. The van der Waals surface area contributed by atoms with E-state index >= 15 is 0 Å². The van der Waals surface area contributed by atoms with Gasteiger partial charge < -0.3 is 14.8 Å². The van der Waals surface area contributed by atoms with E-state index in [2.05, 4.69) is 10.4 Å². The van der Waals surface area contributed by atoms with Crippen LogP contribution in [0.4, 0.5) is 11.4 Å². The summed E-state index contributed by atoms with van der Waals surface area (Å²) in [6.07, 6.45) is 1.58. The summed E-state index contributed by atoms with van der Waals surface area (Å²) in [6.45, 7) is 0.0673. The Morgan fingerprint density at radius 3 is 2.75 bits per heavy atom. The number of hydrogen-bond donors (Lipinski definition) is 1. The van der Waals surface area contributed by atoms with E-state index in [1.807, 2.05) is 0 Å².